The third kappa shape index (κ3) is 2.33. The summed E-state index contributed by atoms with van der Waals surface area (Å²) in [5.41, 5.74) is 1.59. The number of anilines is 2. The number of hydrogen-bond acceptors (Lipinski definition) is 7. The zero-order valence-corrected chi connectivity index (χ0v) is 12.6. The quantitative estimate of drug-likeness (QED) is 0.686. The van der Waals surface area contributed by atoms with E-state index in [0.29, 0.717) is 24.6 Å². The highest BCUT2D eigenvalue weighted by atomic mass is 19.1. The van der Waals surface area contributed by atoms with Crippen molar-refractivity contribution >= 4 is 22.8 Å². The maximum atomic E-state index is 13.8. The number of imidazole rings is 1. The Morgan fingerprint density at radius 1 is 0.913 bits per heavy atom. The van der Waals surface area contributed by atoms with Gasteiger partial charge in [-0.2, -0.15) is 0 Å². The topological polar surface area (TPSA) is 75.9 Å². The van der Waals surface area contributed by atoms with E-state index in [1.807, 2.05) is 16.5 Å². The molecule has 1 fully saturated rings. The predicted molar refractivity (Wildman–Crippen MR) is 82.7 cm³/mol. The van der Waals surface area contributed by atoms with E-state index >= 15 is 0 Å². The second-order valence-electron chi connectivity index (χ2n) is 5.39. The largest absolute Gasteiger partial charge is 0.351 e. The van der Waals surface area contributed by atoms with Crippen molar-refractivity contribution in [1.82, 2.24) is 29.5 Å². The van der Waals surface area contributed by atoms with Gasteiger partial charge in [-0.15, -0.1) is 0 Å². The van der Waals surface area contributed by atoms with Crippen LogP contribution in [0.5, 0.6) is 0 Å². The fourth-order valence-electron chi connectivity index (χ4n) is 2.87. The summed E-state index contributed by atoms with van der Waals surface area (Å²) in [7, 11) is 1.93. The Hall–Kier alpha value is -2.84. The van der Waals surface area contributed by atoms with E-state index in [9.17, 15) is 4.39 Å². The molecule has 1 aliphatic heterocycles. The lowest BCUT2D eigenvalue weighted by Crippen LogP contribution is -2.47. The highest BCUT2D eigenvalue weighted by molar-refractivity contribution is 5.83. The van der Waals surface area contributed by atoms with E-state index in [0.717, 1.165) is 24.4 Å². The molecule has 0 aromatic carbocycles. The van der Waals surface area contributed by atoms with Gasteiger partial charge in [0, 0.05) is 33.2 Å². The first-order valence-corrected chi connectivity index (χ1v) is 7.31. The molecule has 4 rings (SSSR count). The minimum atomic E-state index is -0.392. The molecule has 3 aromatic rings. The summed E-state index contributed by atoms with van der Waals surface area (Å²) in [6, 6.07) is 0. The van der Waals surface area contributed by atoms with E-state index < -0.39 is 5.82 Å². The molecule has 0 amide bonds. The van der Waals surface area contributed by atoms with Gasteiger partial charge in [-0.05, 0) is 0 Å². The lowest BCUT2D eigenvalue weighted by Gasteiger charge is -2.36. The van der Waals surface area contributed by atoms with E-state index in [1.165, 1.54) is 18.9 Å². The molecular weight excluding hydrogens is 299 g/mol. The Morgan fingerprint density at radius 3 is 2.35 bits per heavy atom. The normalized spacial score (nSPS) is 15.4. The average molecular weight is 314 g/mol. The van der Waals surface area contributed by atoms with Crippen LogP contribution in [-0.2, 0) is 7.05 Å². The molecule has 118 valence electrons. The lowest BCUT2D eigenvalue weighted by atomic mass is 10.3. The van der Waals surface area contributed by atoms with E-state index in [1.54, 1.807) is 6.33 Å². The fraction of sp³-hybridized carbons (Fsp3) is 0.357. The maximum absolute atomic E-state index is 13.8. The SMILES string of the molecule is Cn1cnc2ncnc(N3CCN(c4ncncc4F)CC3)c21. The van der Waals surface area contributed by atoms with Crippen LogP contribution in [0.4, 0.5) is 16.0 Å². The number of fused-ring (bicyclic) bond motifs is 1. The third-order valence-electron chi connectivity index (χ3n) is 4.02. The Kier molecular flexibility index (Phi) is 3.25. The van der Waals surface area contributed by atoms with Crippen molar-refractivity contribution in [3.8, 4) is 0 Å². The van der Waals surface area contributed by atoms with Gasteiger partial charge in [0.1, 0.15) is 18.2 Å². The maximum Gasteiger partial charge on any atom is 0.183 e. The Morgan fingerprint density at radius 2 is 1.61 bits per heavy atom. The first-order valence-electron chi connectivity index (χ1n) is 7.31. The molecule has 1 aliphatic rings. The summed E-state index contributed by atoms with van der Waals surface area (Å²) in [6.45, 7) is 2.77. The number of halogens is 1. The molecule has 1 saturated heterocycles. The number of aryl methyl sites for hydroxylation is 1. The van der Waals surface area contributed by atoms with Gasteiger partial charge in [0.2, 0.25) is 0 Å². The van der Waals surface area contributed by atoms with Crippen molar-refractivity contribution in [1.29, 1.82) is 0 Å². The summed E-state index contributed by atoms with van der Waals surface area (Å²) in [4.78, 5) is 24.7. The first kappa shape index (κ1) is 13.8. The van der Waals surface area contributed by atoms with Crippen LogP contribution in [0.25, 0.3) is 11.2 Å². The highest BCUT2D eigenvalue weighted by Gasteiger charge is 2.23. The van der Waals surface area contributed by atoms with Crippen LogP contribution >= 0.6 is 0 Å². The van der Waals surface area contributed by atoms with Gasteiger partial charge in [-0.3, -0.25) is 0 Å². The van der Waals surface area contributed by atoms with E-state index in [4.69, 9.17) is 0 Å². The summed E-state index contributed by atoms with van der Waals surface area (Å²) in [5, 5.41) is 0. The Labute approximate surface area is 131 Å². The van der Waals surface area contributed by atoms with Crippen LogP contribution in [0, 0.1) is 5.82 Å². The first-order chi connectivity index (χ1) is 11.2. The number of nitrogens with zero attached hydrogens (tertiary/aromatic N) is 8. The monoisotopic (exact) mass is 314 g/mol. The molecule has 4 heterocycles. The molecule has 0 radical (unpaired) electrons. The number of hydrogen-bond donors (Lipinski definition) is 0. The molecule has 23 heavy (non-hydrogen) atoms. The van der Waals surface area contributed by atoms with Crippen LogP contribution < -0.4 is 9.80 Å². The van der Waals surface area contributed by atoms with Gasteiger partial charge < -0.3 is 14.4 Å². The van der Waals surface area contributed by atoms with Crippen LogP contribution in [0.15, 0.2) is 25.2 Å². The molecular formula is C14H15FN8. The molecule has 8 nitrogen and oxygen atoms in total. The minimum absolute atomic E-state index is 0.355. The third-order valence-corrected chi connectivity index (χ3v) is 4.02. The Bertz CT molecular complexity index is 840. The molecule has 0 atom stereocenters. The fourth-order valence-corrected chi connectivity index (χ4v) is 2.87. The van der Waals surface area contributed by atoms with E-state index in [2.05, 4.69) is 29.8 Å². The van der Waals surface area contributed by atoms with Gasteiger partial charge in [-0.1, -0.05) is 0 Å². The molecule has 0 N–H and O–H groups in total. The highest BCUT2D eigenvalue weighted by Crippen LogP contribution is 2.24. The summed E-state index contributed by atoms with van der Waals surface area (Å²) >= 11 is 0. The molecule has 0 spiro atoms. The van der Waals surface area contributed by atoms with Gasteiger partial charge >= 0.3 is 0 Å². The smallest absolute Gasteiger partial charge is 0.183 e. The zero-order chi connectivity index (χ0) is 15.8. The minimum Gasteiger partial charge on any atom is -0.351 e. The van der Waals surface area contributed by atoms with Gasteiger partial charge in [-0.25, -0.2) is 29.3 Å². The second-order valence-corrected chi connectivity index (χ2v) is 5.39. The molecule has 0 aliphatic carbocycles. The van der Waals surface area contributed by atoms with Gasteiger partial charge in [0.05, 0.1) is 12.5 Å². The average Bonchev–Trinajstić information content (AvgIpc) is 2.97. The summed E-state index contributed by atoms with van der Waals surface area (Å²) in [5.74, 6) is 0.822. The number of piperazine rings is 1. The van der Waals surface area contributed by atoms with Gasteiger partial charge in [0.15, 0.2) is 23.1 Å². The van der Waals surface area contributed by atoms with E-state index in [-0.39, 0.29) is 0 Å². The lowest BCUT2D eigenvalue weighted by molar-refractivity contribution is 0.581. The van der Waals surface area contributed by atoms with Crippen molar-refractivity contribution in [3.05, 3.63) is 31.0 Å². The van der Waals surface area contributed by atoms with Crippen LogP contribution in [-0.4, -0.2) is 55.7 Å². The predicted octanol–water partition coefficient (Wildman–Crippen LogP) is 0.619. The molecule has 9 heteroatoms. The molecule has 0 unspecified atom stereocenters. The van der Waals surface area contributed by atoms with Crippen molar-refractivity contribution in [2.75, 3.05) is 36.0 Å². The van der Waals surface area contributed by atoms with Crippen LogP contribution in [0.2, 0.25) is 0 Å². The Balaban J connectivity index is 1.58. The van der Waals surface area contributed by atoms with Crippen molar-refractivity contribution in [3.63, 3.8) is 0 Å². The number of aromatic nitrogens is 6. The standard InChI is InChI=1S/C14H15FN8/c1-21-9-20-12-11(21)14(19-8-17-12)23-4-2-22(3-5-23)13-10(15)6-16-7-18-13/h6-9H,2-5H2,1H3. The van der Waals surface area contributed by atoms with Crippen LogP contribution in [0.1, 0.15) is 0 Å². The van der Waals surface area contributed by atoms with Crippen LogP contribution in [0.3, 0.4) is 0 Å². The van der Waals surface area contributed by atoms with Gasteiger partial charge in [0.25, 0.3) is 0 Å². The second kappa shape index (κ2) is 5.41. The van der Waals surface area contributed by atoms with Crippen molar-refractivity contribution < 1.29 is 4.39 Å². The van der Waals surface area contributed by atoms with Crippen molar-refractivity contribution in [2.45, 2.75) is 0 Å². The number of rotatable bonds is 2. The summed E-state index contributed by atoms with van der Waals surface area (Å²) < 4.78 is 15.7. The molecule has 3 aromatic heterocycles. The molecule has 0 saturated carbocycles. The molecule has 0 bridgehead atoms. The zero-order valence-electron chi connectivity index (χ0n) is 12.6. The summed E-state index contributed by atoms with van der Waals surface area (Å²) in [6.07, 6.45) is 5.82. The van der Waals surface area contributed by atoms with Crippen molar-refractivity contribution in [2.24, 2.45) is 7.05 Å².